The van der Waals surface area contributed by atoms with Gasteiger partial charge in [-0.1, -0.05) is 12.1 Å². The lowest BCUT2D eigenvalue weighted by atomic mass is 9.87. The molecule has 0 radical (unpaired) electrons. The highest BCUT2D eigenvalue weighted by Gasteiger charge is 2.33. The first kappa shape index (κ1) is 24.4. The Labute approximate surface area is 201 Å². The number of benzene rings is 1. The normalized spacial score (nSPS) is 22.2. The summed E-state index contributed by atoms with van der Waals surface area (Å²) < 4.78 is 5.58. The third-order valence-electron chi connectivity index (χ3n) is 7.27. The standard InChI is InChI=1S/C26H38N4O4/c1-17-15-20(11-14-30(17)25(33)34-26(2,3)4)23-21-8-7-19(16-22(21)27-28-23)6-5-18-9-12-29(13-10-18)24(31)32/h7-8,16-18,20H,5-6,9-15H2,1-4H3,(H,27,28)(H,31,32). The first-order valence-corrected chi connectivity index (χ1v) is 12.5. The largest absolute Gasteiger partial charge is 0.465 e. The second-order valence-electron chi connectivity index (χ2n) is 11.0. The van der Waals surface area contributed by atoms with Crippen molar-refractivity contribution in [2.75, 3.05) is 19.6 Å². The Kier molecular flexibility index (Phi) is 7.05. The van der Waals surface area contributed by atoms with E-state index in [4.69, 9.17) is 9.84 Å². The lowest BCUT2D eigenvalue weighted by Crippen LogP contribution is -2.46. The summed E-state index contributed by atoms with van der Waals surface area (Å²) in [5.41, 5.74) is 2.96. The highest BCUT2D eigenvalue weighted by molar-refractivity contribution is 5.82. The van der Waals surface area contributed by atoms with Gasteiger partial charge < -0.3 is 19.6 Å². The fourth-order valence-electron chi connectivity index (χ4n) is 5.35. The number of nitrogens with one attached hydrogen (secondary N) is 1. The summed E-state index contributed by atoms with van der Waals surface area (Å²) >= 11 is 0. The van der Waals surface area contributed by atoms with E-state index in [0.29, 0.717) is 31.5 Å². The van der Waals surface area contributed by atoms with Crippen LogP contribution in [-0.2, 0) is 11.2 Å². The number of hydrogen-bond donors (Lipinski definition) is 2. The van der Waals surface area contributed by atoms with E-state index in [1.54, 1.807) is 0 Å². The van der Waals surface area contributed by atoms with Gasteiger partial charge in [-0.2, -0.15) is 5.10 Å². The van der Waals surface area contributed by atoms with E-state index in [0.717, 1.165) is 49.7 Å². The minimum atomic E-state index is -0.802. The predicted octanol–water partition coefficient (Wildman–Crippen LogP) is 5.39. The van der Waals surface area contributed by atoms with E-state index in [2.05, 4.69) is 35.3 Å². The first-order valence-electron chi connectivity index (χ1n) is 12.5. The third kappa shape index (κ3) is 5.65. The molecule has 2 N–H and O–H groups in total. The van der Waals surface area contributed by atoms with Crippen molar-refractivity contribution >= 4 is 23.1 Å². The van der Waals surface area contributed by atoms with Gasteiger partial charge in [0, 0.05) is 37.0 Å². The Bertz CT molecular complexity index is 1020. The molecule has 2 amide bonds. The van der Waals surface area contributed by atoms with Crippen molar-refractivity contribution in [1.29, 1.82) is 0 Å². The van der Waals surface area contributed by atoms with Crippen molar-refractivity contribution in [3.63, 3.8) is 0 Å². The molecule has 34 heavy (non-hydrogen) atoms. The SMILES string of the molecule is CC1CC(c2n[nH]c3cc(CCC4CCN(C(=O)O)CC4)ccc23)CCN1C(=O)OC(C)(C)C. The van der Waals surface area contributed by atoms with Gasteiger partial charge in [0.2, 0.25) is 0 Å². The molecule has 0 aliphatic carbocycles. The summed E-state index contributed by atoms with van der Waals surface area (Å²) in [6.07, 6.45) is 4.68. The summed E-state index contributed by atoms with van der Waals surface area (Å²) in [6, 6.07) is 6.69. The Morgan fingerprint density at radius 2 is 1.91 bits per heavy atom. The van der Waals surface area contributed by atoms with Crippen LogP contribution in [0.5, 0.6) is 0 Å². The van der Waals surface area contributed by atoms with Crippen molar-refractivity contribution in [3.8, 4) is 0 Å². The van der Waals surface area contributed by atoms with Crippen LogP contribution in [0.15, 0.2) is 18.2 Å². The summed E-state index contributed by atoms with van der Waals surface area (Å²) in [7, 11) is 0. The molecular weight excluding hydrogens is 432 g/mol. The maximum atomic E-state index is 12.5. The second kappa shape index (κ2) is 9.84. The van der Waals surface area contributed by atoms with E-state index in [-0.39, 0.29) is 12.1 Å². The van der Waals surface area contributed by atoms with Gasteiger partial charge in [-0.05, 0) is 83.8 Å². The van der Waals surface area contributed by atoms with Crippen molar-refractivity contribution in [2.45, 2.75) is 83.8 Å². The fourth-order valence-corrected chi connectivity index (χ4v) is 5.35. The van der Waals surface area contributed by atoms with Crippen LogP contribution in [-0.4, -0.2) is 68.6 Å². The molecule has 2 aliphatic heterocycles. The number of nitrogens with zero attached hydrogens (tertiary/aromatic N) is 3. The smallest absolute Gasteiger partial charge is 0.410 e. The number of amides is 2. The molecule has 0 saturated carbocycles. The van der Waals surface area contributed by atoms with E-state index in [1.807, 2.05) is 25.7 Å². The summed E-state index contributed by atoms with van der Waals surface area (Å²) in [5.74, 6) is 0.896. The fraction of sp³-hybridized carbons (Fsp3) is 0.654. The highest BCUT2D eigenvalue weighted by atomic mass is 16.6. The molecule has 2 aliphatic rings. The number of aromatic amines is 1. The lowest BCUT2D eigenvalue weighted by Gasteiger charge is -2.38. The molecule has 2 saturated heterocycles. The summed E-state index contributed by atoms with van der Waals surface area (Å²) in [5, 5.41) is 18.2. The molecule has 4 rings (SSSR count). The minimum absolute atomic E-state index is 0.104. The average Bonchev–Trinajstić information content (AvgIpc) is 3.20. The molecule has 2 fully saturated rings. The molecule has 186 valence electrons. The Balaban J connectivity index is 1.35. The number of carbonyl (C=O) groups excluding carboxylic acids is 1. The van der Waals surface area contributed by atoms with E-state index in [1.165, 1.54) is 15.8 Å². The molecule has 0 bridgehead atoms. The number of carbonyl (C=O) groups is 2. The zero-order chi connectivity index (χ0) is 24.5. The number of H-pyrrole nitrogens is 1. The van der Waals surface area contributed by atoms with Crippen molar-refractivity contribution in [1.82, 2.24) is 20.0 Å². The van der Waals surface area contributed by atoms with Gasteiger partial charge in [-0.15, -0.1) is 0 Å². The van der Waals surface area contributed by atoms with Gasteiger partial charge in [0.25, 0.3) is 0 Å². The van der Waals surface area contributed by atoms with Crippen LogP contribution in [0.1, 0.15) is 77.0 Å². The van der Waals surface area contributed by atoms with Crippen LogP contribution < -0.4 is 0 Å². The molecule has 3 heterocycles. The number of aryl methyl sites for hydroxylation is 1. The number of carboxylic acid groups (broad SMARTS) is 1. The van der Waals surface area contributed by atoms with E-state index >= 15 is 0 Å². The number of aromatic nitrogens is 2. The van der Waals surface area contributed by atoms with Gasteiger partial charge in [0.1, 0.15) is 5.60 Å². The molecule has 2 atom stereocenters. The molecular formula is C26H38N4O4. The summed E-state index contributed by atoms with van der Waals surface area (Å²) in [4.78, 5) is 27.0. The Hall–Kier alpha value is -2.77. The maximum Gasteiger partial charge on any atom is 0.410 e. The van der Waals surface area contributed by atoms with Crippen LogP contribution in [0, 0.1) is 5.92 Å². The monoisotopic (exact) mass is 470 g/mol. The van der Waals surface area contributed by atoms with Gasteiger partial charge in [-0.25, -0.2) is 9.59 Å². The molecule has 8 heteroatoms. The van der Waals surface area contributed by atoms with Gasteiger partial charge in [0.15, 0.2) is 0 Å². The quantitative estimate of drug-likeness (QED) is 0.624. The minimum Gasteiger partial charge on any atom is -0.465 e. The zero-order valence-corrected chi connectivity index (χ0v) is 20.8. The number of ether oxygens (including phenoxy) is 1. The molecule has 2 unspecified atom stereocenters. The third-order valence-corrected chi connectivity index (χ3v) is 7.27. The Morgan fingerprint density at radius 3 is 2.56 bits per heavy atom. The van der Waals surface area contributed by atoms with Crippen LogP contribution in [0.2, 0.25) is 0 Å². The number of piperidine rings is 2. The first-order chi connectivity index (χ1) is 16.1. The molecule has 8 nitrogen and oxygen atoms in total. The number of likely N-dealkylation sites (tertiary alicyclic amines) is 2. The van der Waals surface area contributed by atoms with Crippen molar-refractivity contribution < 1.29 is 19.4 Å². The topological polar surface area (TPSA) is 98.8 Å². The van der Waals surface area contributed by atoms with E-state index < -0.39 is 11.7 Å². The predicted molar refractivity (Wildman–Crippen MR) is 131 cm³/mol. The lowest BCUT2D eigenvalue weighted by molar-refractivity contribution is 0.0103. The van der Waals surface area contributed by atoms with E-state index in [9.17, 15) is 9.59 Å². The van der Waals surface area contributed by atoms with Gasteiger partial charge in [-0.3, -0.25) is 5.10 Å². The average molecular weight is 471 g/mol. The Morgan fingerprint density at radius 1 is 1.18 bits per heavy atom. The second-order valence-corrected chi connectivity index (χ2v) is 11.0. The molecule has 1 aromatic heterocycles. The summed E-state index contributed by atoms with van der Waals surface area (Å²) in [6.45, 7) is 9.75. The van der Waals surface area contributed by atoms with Crippen LogP contribution in [0.4, 0.5) is 9.59 Å². The van der Waals surface area contributed by atoms with Gasteiger partial charge in [0.05, 0.1) is 11.2 Å². The van der Waals surface area contributed by atoms with Crippen molar-refractivity contribution in [2.24, 2.45) is 5.92 Å². The van der Waals surface area contributed by atoms with Gasteiger partial charge >= 0.3 is 12.2 Å². The number of fused-ring (bicyclic) bond motifs is 1. The number of rotatable bonds is 4. The molecule has 1 aromatic carbocycles. The zero-order valence-electron chi connectivity index (χ0n) is 20.8. The van der Waals surface area contributed by atoms with Crippen LogP contribution >= 0.6 is 0 Å². The maximum absolute atomic E-state index is 12.5. The molecule has 0 spiro atoms. The van der Waals surface area contributed by atoms with Crippen molar-refractivity contribution in [3.05, 3.63) is 29.5 Å². The van der Waals surface area contributed by atoms with Crippen LogP contribution in [0.25, 0.3) is 10.9 Å². The number of hydrogen-bond acceptors (Lipinski definition) is 4. The molecule has 2 aromatic rings. The van der Waals surface area contributed by atoms with Crippen LogP contribution in [0.3, 0.4) is 0 Å². The highest BCUT2D eigenvalue weighted by Crippen LogP contribution is 2.35.